The van der Waals surface area contributed by atoms with Crippen LogP contribution >= 0.6 is 0 Å². The van der Waals surface area contributed by atoms with E-state index < -0.39 is 0 Å². The minimum atomic E-state index is -0.0797. The summed E-state index contributed by atoms with van der Waals surface area (Å²) in [6, 6.07) is 27.7. The second-order valence-corrected chi connectivity index (χ2v) is 9.54. The highest BCUT2D eigenvalue weighted by Gasteiger charge is 2.14. The SMILES string of the molecule is CN(C)c1cccc(Nc2ccc(-n3cc(CC(=O)NCc4nc5ccccc5[nH]4)c4ccccc43)nn2)c1. The summed E-state index contributed by atoms with van der Waals surface area (Å²) in [4.78, 5) is 22.7. The van der Waals surface area contributed by atoms with Crippen LogP contribution in [0.25, 0.3) is 27.8 Å². The van der Waals surface area contributed by atoms with Gasteiger partial charge in [-0.1, -0.05) is 36.4 Å². The fraction of sp³-hybridized carbons (Fsp3) is 0.133. The standard InChI is InChI=1S/C30H28N8O/c1-37(2)22-9-7-8-21(17-22)32-27-14-15-29(36-35-27)38-19-20(23-10-3-6-13-26(23)38)16-30(39)31-18-28-33-24-11-4-5-12-25(24)34-28/h3-15,17,19H,16,18H2,1-2H3,(H,31,39)(H,32,35)(H,33,34). The van der Waals surface area contributed by atoms with Gasteiger partial charge in [-0.15, -0.1) is 10.2 Å². The van der Waals surface area contributed by atoms with Crippen molar-refractivity contribution in [3.63, 3.8) is 0 Å². The molecule has 9 nitrogen and oxygen atoms in total. The Morgan fingerprint density at radius 3 is 2.62 bits per heavy atom. The normalized spacial score (nSPS) is 11.1. The van der Waals surface area contributed by atoms with E-state index in [1.165, 1.54) is 0 Å². The van der Waals surface area contributed by atoms with Gasteiger partial charge in [-0.2, -0.15) is 0 Å². The first-order valence-corrected chi connectivity index (χ1v) is 12.7. The first kappa shape index (κ1) is 24.2. The summed E-state index contributed by atoms with van der Waals surface area (Å²) < 4.78 is 1.97. The van der Waals surface area contributed by atoms with Crippen LogP contribution in [0.15, 0.2) is 91.1 Å². The molecule has 0 bridgehead atoms. The molecule has 3 N–H and O–H groups in total. The molecule has 0 unspecified atom stereocenters. The number of fused-ring (bicyclic) bond motifs is 2. The molecular formula is C30H28N8O. The van der Waals surface area contributed by atoms with Crippen molar-refractivity contribution in [2.24, 2.45) is 0 Å². The third-order valence-corrected chi connectivity index (χ3v) is 6.57. The van der Waals surface area contributed by atoms with Crippen LogP contribution in [0.2, 0.25) is 0 Å². The second-order valence-electron chi connectivity index (χ2n) is 9.54. The van der Waals surface area contributed by atoms with Gasteiger partial charge in [-0.3, -0.25) is 9.36 Å². The molecule has 0 aliphatic heterocycles. The van der Waals surface area contributed by atoms with Crippen molar-refractivity contribution in [2.45, 2.75) is 13.0 Å². The van der Waals surface area contributed by atoms with E-state index in [1.54, 1.807) is 0 Å². The van der Waals surface area contributed by atoms with Crippen LogP contribution in [0.4, 0.5) is 17.2 Å². The topological polar surface area (TPSA) is 104 Å². The van der Waals surface area contributed by atoms with Gasteiger partial charge in [0.2, 0.25) is 5.91 Å². The van der Waals surface area contributed by atoms with E-state index in [0.29, 0.717) is 18.2 Å². The summed E-state index contributed by atoms with van der Waals surface area (Å²) in [5, 5.41) is 16.2. The molecule has 0 aliphatic carbocycles. The number of nitrogens with one attached hydrogen (secondary N) is 3. The number of H-pyrrole nitrogens is 1. The number of carbonyl (C=O) groups is 1. The predicted octanol–water partition coefficient (Wildman–Crippen LogP) is 4.97. The molecule has 9 heteroatoms. The molecule has 0 aliphatic rings. The summed E-state index contributed by atoms with van der Waals surface area (Å²) in [5.41, 5.74) is 5.75. The largest absolute Gasteiger partial charge is 0.378 e. The van der Waals surface area contributed by atoms with Crippen LogP contribution in [-0.2, 0) is 17.8 Å². The number of aromatic nitrogens is 5. The summed E-state index contributed by atoms with van der Waals surface area (Å²) in [7, 11) is 4.02. The van der Waals surface area contributed by atoms with Crippen molar-refractivity contribution in [3.05, 3.63) is 103 Å². The zero-order chi connectivity index (χ0) is 26.8. The van der Waals surface area contributed by atoms with E-state index in [4.69, 9.17) is 0 Å². The Morgan fingerprint density at radius 1 is 0.949 bits per heavy atom. The number of carbonyl (C=O) groups excluding carboxylic acids is 1. The van der Waals surface area contributed by atoms with Crippen molar-refractivity contribution < 1.29 is 4.79 Å². The second kappa shape index (κ2) is 10.3. The molecule has 0 saturated carbocycles. The third kappa shape index (κ3) is 5.15. The Morgan fingerprint density at radius 2 is 1.79 bits per heavy atom. The number of anilines is 3. The molecule has 6 aromatic rings. The lowest BCUT2D eigenvalue weighted by atomic mass is 10.1. The number of aromatic amines is 1. The smallest absolute Gasteiger partial charge is 0.224 e. The van der Waals surface area contributed by atoms with Crippen LogP contribution in [0.3, 0.4) is 0 Å². The summed E-state index contributed by atoms with van der Waals surface area (Å²) in [6.07, 6.45) is 2.20. The number of amides is 1. The lowest BCUT2D eigenvalue weighted by Crippen LogP contribution is -2.25. The van der Waals surface area contributed by atoms with Crippen molar-refractivity contribution >= 4 is 45.0 Å². The van der Waals surface area contributed by atoms with Crippen LogP contribution in [-0.4, -0.2) is 44.7 Å². The highest BCUT2D eigenvalue weighted by Crippen LogP contribution is 2.26. The zero-order valence-electron chi connectivity index (χ0n) is 21.7. The highest BCUT2D eigenvalue weighted by atomic mass is 16.1. The molecular weight excluding hydrogens is 488 g/mol. The van der Waals surface area contributed by atoms with Crippen LogP contribution in [0.1, 0.15) is 11.4 Å². The molecule has 1 amide bonds. The molecule has 3 aromatic carbocycles. The number of nitrogens with zero attached hydrogens (tertiary/aromatic N) is 5. The number of hydrogen-bond donors (Lipinski definition) is 3. The first-order chi connectivity index (χ1) is 19.0. The minimum absolute atomic E-state index is 0.0797. The molecule has 0 fully saturated rings. The number of benzene rings is 3. The van der Waals surface area contributed by atoms with E-state index in [1.807, 2.05) is 109 Å². The van der Waals surface area contributed by atoms with Gasteiger partial charge in [0, 0.05) is 37.1 Å². The van der Waals surface area contributed by atoms with Crippen LogP contribution in [0, 0.1) is 0 Å². The van der Waals surface area contributed by atoms with Gasteiger partial charge in [0.05, 0.1) is 29.5 Å². The summed E-state index contributed by atoms with van der Waals surface area (Å²) >= 11 is 0. The third-order valence-electron chi connectivity index (χ3n) is 6.57. The average molecular weight is 517 g/mol. The molecule has 194 valence electrons. The van der Waals surface area contributed by atoms with Gasteiger partial charge >= 0.3 is 0 Å². The summed E-state index contributed by atoms with van der Waals surface area (Å²) in [6.45, 7) is 0.337. The number of hydrogen-bond acceptors (Lipinski definition) is 6. The molecule has 3 heterocycles. The predicted molar refractivity (Wildman–Crippen MR) is 155 cm³/mol. The van der Waals surface area contributed by atoms with Crippen molar-refractivity contribution in [3.8, 4) is 5.82 Å². The fourth-order valence-corrected chi connectivity index (χ4v) is 4.62. The fourth-order valence-electron chi connectivity index (χ4n) is 4.62. The maximum atomic E-state index is 12.9. The van der Waals surface area contributed by atoms with Gasteiger partial charge in [0.1, 0.15) is 5.82 Å². The van der Waals surface area contributed by atoms with Crippen molar-refractivity contribution in [2.75, 3.05) is 24.3 Å². The van der Waals surface area contributed by atoms with E-state index in [-0.39, 0.29) is 12.3 Å². The van der Waals surface area contributed by atoms with Gasteiger partial charge in [0.25, 0.3) is 0 Å². The molecule has 0 saturated heterocycles. The monoisotopic (exact) mass is 516 g/mol. The number of rotatable bonds is 8. The van der Waals surface area contributed by atoms with Gasteiger partial charge in [0.15, 0.2) is 11.6 Å². The maximum absolute atomic E-state index is 12.9. The lowest BCUT2D eigenvalue weighted by Gasteiger charge is -2.14. The Balaban J connectivity index is 1.18. The van der Waals surface area contributed by atoms with Crippen LogP contribution < -0.4 is 15.5 Å². The molecule has 6 rings (SSSR count). The average Bonchev–Trinajstić information content (AvgIpc) is 3.54. The van der Waals surface area contributed by atoms with E-state index >= 15 is 0 Å². The molecule has 3 aromatic heterocycles. The molecule has 39 heavy (non-hydrogen) atoms. The summed E-state index contributed by atoms with van der Waals surface area (Å²) in [5.74, 6) is 1.97. The maximum Gasteiger partial charge on any atom is 0.224 e. The zero-order valence-corrected chi connectivity index (χ0v) is 21.7. The van der Waals surface area contributed by atoms with Gasteiger partial charge in [-0.05, 0) is 54.1 Å². The molecule has 0 spiro atoms. The van der Waals surface area contributed by atoms with Crippen molar-refractivity contribution in [1.82, 2.24) is 30.0 Å². The Bertz CT molecular complexity index is 1730. The van der Waals surface area contributed by atoms with Gasteiger partial charge < -0.3 is 20.5 Å². The van der Waals surface area contributed by atoms with E-state index in [9.17, 15) is 4.79 Å². The Kier molecular flexibility index (Phi) is 6.38. The van der Waals surface area contributed by atoms with E-state index in [0.717, 1.165) is 44.7 Å². The minimum Gasteiger partial charge on any atom is -0.378 e. The van der Waals surface area contributed by atoms with Gasteiger partial charge in [-0.25, -0.2) is 4.98 Å². The lowest BCUT2D eigenvalue weighted by molar-refractivity contribution is -0.120. The number of para-hydroxylation sites is 3. The Hall–Kier alpha value is -5.18. The quantitative estimate of drug-likeness (QED) is 0.264. The molecule has 0 radical (unpaired) electrons. The van der Waals surface area contributed by atoms with E-state index in [2.05, 4.69) is 36.9 Å². The van der Waals surface area contributed by atoms with Crippen molar-refractivity contribution in [1.29, 1.82) is 0 Å². The Labute approximate surface area is 225 Å². The first-order valence-electron chi connectivity index (χ1n) is 12.7. The number of imidazole rings is 1. The highest BCUT2D eigenvalue weighted by molar-refractivity contribution is 5.90. The molecule has 0 atom stereocenters. The van der Waals surface area contributed by atoms with Crippen LogP contribution in [0.5, 0.6) is 0 Å².